The zero-order chi connectivity index (χ0) is 10.5. The molecule has 0 aromatic carbocycles. The van der Waals surface area contributed by atoms with Crippen LogP contribution in [0.15, 0.2) is 28.9 Å². The zero-order valence-corrected chi connectivity index (χ0v) is 9.52. The first-order valence-corrected chi connectivity index (χ1v) is 4.78. The van der Waals surface area contributed by atoms with E-state index in [0.717, 1.165) is 17.7 Å². The van der Waals surface area contributed by atoms with Crippen LogP contribution < -0.4 is 0 Å². The van der Waals surface area contributed by atoms with Crippen molar-refractivity contribution in [3.05, 3.63) is 23.9 Å². The standard InChI is InChI=1S/C12H21N/c1-7-8-13-11(9-10(2)3)12(4,5)6/h8-9H,2,7H2,1,3-6H3/b11-9-,13-8?. The Labute approximate surface area is 82.3 Å². The van der Waals surface area contributed by atoms with Crippen molar-refractivity contribution in [2.75, 3.05) is 0 Å². The lowest BCUT2D eigenvalue weighted by Gasteiger charge is -2.19. The minimum absolute atomic E-state index is 0.102. The van der Waals surface area contributed by atoms with Crippen molar-refractivity contribution < 1.29 is 0 Å². The summed E-state index contributed by atoms with van der Waals surface area (Å²) in [6, 6.07) is 0. The molecule has 0 saturated heterocycles. The Balaban J connectivity index is 4.77. The third-order valence-corrected chi connectivity index (χ3v) is 1.56. The van der Waals surface area contributed by atoms with E-state index in [2.05, 4.69) is 39.3 Å². The van der Waals surface area contributed by atoms with Gasteiger partial charge in [0.1, 0.15) is 0 Å². The monoisotopic (exact) mass is 179 g/mol. The van der Waals surface area contributed by atoms with Gasteiger partial charge in [0.15, 0.2) is 0 Å². The van der Waals surface area contributed by atoms with Crippen LogP contribution >= 0.6 is 0 Å². The highest BCUT2D eigenvalue weighted by atomic mass is 14.8. The van der Waals surface area contributed by atoms with Gasteiger partial charge in [0, 0.05) is 17.3 Å². The van der Waals surface area contributed by atoms with E-state index in [9.17, 15) is 0 Å². The predicted octanol–water partition coefficient (Wildman–Crippen LogP) is 3.97. The Morgan fingerprint density at radius 2 is 1.92 bits per heavy atom. The summed E-state index contributed by atoms with van der Waals surface area (Å²) in [4.78, 5) is 4.43. The van der Waals surface area contributed by atoms with Crippen molar-refractivity contribution >= 4 is 6.21 Å². The Kier molecular flexibility index (Phi) is 4.68. The highest BCUT2D eigenvalue weighted by Crippen LogP contribution is 2.26. The smallest absolute Gasteiger partial charge is 0.0455 e. The van der Waals surface area contributed by atoms with Gasteiger partial charge in [-0.1, -0.05) is 39.8 Å². The van der Waals surface area contributed by atoms with Gasteiger partial charge in [-0.3, -0.25) is 4.99 Å². The highest BCUT2D eigenvalue weighted by molar-refractivity contribution is 5.58. The molecule has 0 aliphatic carbocycles. The van der Waals surface area contributed by atoms with Gasteiger partial charge in [0.25, 0.3) is 0 Å². The Bertz CT molecular complexity index is 226. The molecular formula is C12H21N. The molecule has 13 heavy (non-hydrogen) atoms. The van der Waals surface area contributed by atoms with Crippen molar-refractivity contribution in [3.63, 3.8) is 0 Å². The molecule has 0 saturated carbocycles. The molecule has 0 aliphatic heterocycles. The molecule has 0 N–H and O–H groups in total. The molecule has 0 bridgehead atoms. The van der Waals surface area contributed by atoms with E-state index >= 15 is 0 Å². The number of hydrogen-bond donors (Lipinski definition) is 0. The van der Waals surface area contributed by atoms with Gasteiger partial charge >= 0.3 is 0 Å². The number of aliphatic imine (C=N–C) groups is 1. The molecule has 0 heterocycles. The molecular weight excluding hydrogens is 158 g/mol. The van der Waals surface area contributed by atoms with E-state index in [1.165, 1.54) is 0 Å². The summed E-state index contributed by atoms with van der Waals surface area (Å²) in [6.45, 7) is 14.4. The Morgan fingerprint density at radius 1 is 1.38 bits per heavy atom. The maximum atomic E-state index is 4.43. The van der Waals surface area contributed by atoms with E-state index in [1.807, 2.05) is 19.2 Å². The summed E-state index contributed by atoms with van der Waals surface area (Å²) in [6.07, 6.45) is 4.97. The minimum atomic E-state index is 0.102. The molecule has 0 amide bonds. The van der Waals surface area contributed by atoms with E-state index in [1.54, 1.807) is 0 Å². The van der Waals surface area contributed by atoms with Crippen LogP contribution in [0.3, 0.4) is 0 Å². The number of rotatable bonds is 3. The summed E-state index contributed by atoms with van der Waals surface area (Å²) in [5, 5.41) is 0. The molecule has 74 valence electrons. The molecule has 1 heteroatoms. The molecule has 0 aromatic rings. The minimum Gasteiger partial charge on any atom is -0.265 e. The quantitative estimate of drug-likeness (QED) is 0.459. The van der Waals surface area contributed by atoms with Gasteiger partial charge < -0.3 is 0 Å². The fourth-order valence-electron chi connectivity index (χ4n) is 0.870. The van der Waals surface area contributed by atoms with Crippen LogP contribution in [0, 0.1) is 5.41 Å². The highest BCUT2D eigenvalue weighted by Gasteiger charge is 2.15. The third kappa shape index (κ3) is 5.40. The van der Waals surface area contributed by atoms with E-state index in [0.29, 0.717) is 0 Å². The van der Waals surface area contributed by atoms with Crippen LogP contribution in [0.2, 0.25) is 0 Å². The maximum absolute atomic E-state index is 4.43. The lowest BCUT2D eigenvalue weighted by molar-refractivity contribution is 0.498. The van der Waals surface area contributed by atoms with Crippen LogP contribution in [-0.2, 0) is 0 Å². The average Bonchev–Trinajstić information content (AvgIpc) is 1.95. The van der Waals surface area contributed by atoms with Crippen molar-refractivity contribution in [1.82, 2.24) is 0 Å². The Hall–Kier alpha value is -0.850. The molecule has 0 fully saturated rings. The van der Waals surface area contributed by atoms with Crippen molar-refractivity contribution in [1.29, 1.82) is 0 Å². The van der Waals surface area contributed by atoms with E-state index in [4.69, 9.17) is 0 Å². The van der Waals surface area contributed by atoms with Crippen LogP contribution in [0.5, 0.6) is 0 Å². The predicted molar refractivity (Wildman–Crippen MR) is 61.1 cm³/mol. The summed E-state index contributed by atoms with van der Waals surface area (Å²) >= 11 is 0. The lowest BCUT2D eigenvalue weighted by atomic mass is 9.91. The first kappa shape index (κ1) is 12.2. The van der Waals surface area contributed by atoms with Gasteiger partial charge in [-0.15, -0.1) is 0 Å². The fourth-order valence-corrected chi connectivity index (χ4v) is 0.870. The normalized spacial score (nSPS) is 13.8. The lowest BCUT2D eigenvalue weighted by Crippen LogP contribution is -2.08. The van der Waals surface area contributed by atoms with Crippen molar-refractivity contribution in [2.24, 2.45) is 10.4 Å². The average molecular weight is 179 g/mol. The molecule has 0 unspecified atom stereocenters. The van der Waals surface area contributed by atoms with Gasteiger partial charge in [-0.05, 0) is 19.4 Å². The van der Waals surface area contributed by atoms with E-state index < -0.39 is 0 Å². The van der Waals surface area contributed by atoms with Gasteiger partial charge in [0.05, 0.1) is 0 Å². The molecule has 1 nitrogen and oxygen atoms in total. The van der Waals surface area contributed by atoms with Crippen LogP contribution in [0.4, 0.5) is 0 Å². The van der Waals surface area contributed by atoms with Gasteiger partial charge in [-0.2, -0.15) is 0 Å². The third-order valence-electron chi connectivity index (χ3n) is 1.56. The maximum Gasteiger partial charge on any atom is 0.0455 e. The largest absolute Gasteiger partial charge is 0.265 e. The van der Waals surface area contributed by atoms with Crippen molar-refractivity contribution in [2.45, 2.75) is 41.0 Å². The van der Waals surface area contributed by atoms with Crippen LogP contribution in [0.1, 0.15) is 41.0 Å². The summed E-state index contributed by atoms with van der Waals surface area (Å²) < 4.78 is 0. The van der Waals surface area contributed by atoms with Crippen LogP contribution in [0.25, 0.3) is 0 Å². The first-order valence-electron chi connectivity index (χ1n) is 4.78. The second-order valence-corrected chi connectivity index (χ2v) is 4.35. The van der Waals surface area contributed by atoms with Crippen molar-refractivity contribution in [3.8, 4) is 0 Å². The Morgan fingerprint density at radius 3 is 2.23 bits per heavy atom. The molecule has 0 radical (unpaired) electrons. The van der Waals surface area contributed by atoms with Gasteiger partial charge in [-0.25, -0.2) is 0 Å². The molecule has 0 aliphatic rings. The fraction of sp³-hybridized carbons (Fsp3) is 0.583. The number of allylic oxidation sites excluding steroid dienone is 3. The van der Waals surface area contributed by atoms with Crippen LogP contribution in [-0.4, -0.2) is 6.21 Å². The second-order valence-electron chi connectivity index (χ2n) is 4.35. The number of hydrogen-bond acceptors (Lipinski definition) is 1. The summed E-state index contributed by atoms with van der Waals surface area (Å²) in [5.41, 5.74) is 2.25. The second kappa shape index (κ2) is 5.00. The molecule has 0 aromatic heterocycles. The summed E-state index contributed by atoms with van der Waals surface area (Å²) in [7, 11) is 0. The van der Waals surface area contributed by atoms with E-state index in [-0.39, 0.29) is 5.41 Å². The topological polar surface area (TPSA) is 12.4 Å². The molecule has 0 rings (SSSR count). The first-order chi connectivity index (χ1) is 5.88. The summed E-state index contributed by atoms with van der Waals surface area (Å²) in [5.74, 6) is 0. The SMILES string of the molecule is C=C(C)/C=C(\N=CCC)C(C)(C)C. The zero-order valence-electron chi connectivity index (χ0n) is 9.52. The number of nitrogens with zero attached hydrogens (tertiary/aromatic N) is 1. The molecule has 0 atom stereocenters. The van der Waals surface area contributed by atoms with Gasteiger partial charge in [0.2, 0.25) is 0 Å². The molecule has 0 spiro atoms.